The number of carbonyl (C=O) groups excluding carboxylic acids is 2. The fourth-order valence-corrected chi connectivity index (χ4v) is 20.9. The lowest BCUT2D eigenvalue weighted by atomic mass is 10.1. The van der Waals surface area contributed by atoms with Crippen LogP contribution < -0.4 is 65.4 Å². The van der Waals surface area contributed by atoms with Crippen LogP contribution in [0.3, 0.4) is 0 Å². The standard InChI is InChI=1S/C22H21ClN6O2.C21H19ClN6O2.C21H17ClN6O.C20H17Cl2N5O.C19H16Cl2N6O/c1-11(28-20-18-14(21(30)24-2)9-25-19(18)26-10-27-20)16-8-12-4-3-5-15(23)17(12)22(31)29(16)13-6-7-13;1-10(27-20-17-13(18(23)29)8-24-19(17)25-9-26-20)15-7-11-3-2-4-14(22)16(11)21(30)28(15)12-5-6-12;1-11(27-20-18-13(8-23)9-24-19(18)25-10-26-20)16-7-12-3-2-4-15(22)17(12)21(29)28(16)14-5-6-14;1-10(26-19-17-14(22)8-23-18(17)24-9-25-19)15-7-11-3-2-4-13(21)16(11)20(28)27(15)12-5-6-12;1-9(24-17-15-16(21)25-26-18(15)23-8-22-17)13-7-10-3-2-4-12(20)14(10)19(28)27(13)11-5-6-11/h3-5,8-11,13H,6-7H2,1-2H3,(H,24,30)(H2,25,26,27,28);2-4,7-10,12H,5-6H2,1H3,(H2,23,29)(H2,24,25,26,27);2-4,7,9-11,14H,5-6H2,1H3,(H2,24,25,26,27);2-4,7-10,12H,5-6H2,1H3,(H2,23,24,25,26);2-4,7-9,11H,5-6H2,1H3,(H2,22,23,24,25,26)/t11-;10-;11-;10-;9-/m00000/s1. The maximum absolute atomic E-state index is 13.3. The summed E-state index contributed by atoms with van der Waals surface area (Å²) in [7, 11) is 1.58. The van der Waals surface area contributed by atoms with Crippen LogP contribution in [-0.2, 0) is 0 Å². The minimum Gasteiger partial charge on any atom is -0.366 e. The molecule has 15 aromatic heterocycles. The van der Waals surface area contributed by atoms with Gasteiger partial charge in [0.1, 0.15) is 99.9 Å². The number of halogens is 7. The third kappa shape index (κ3) is 18.5. The number of anilines is 5. The number of amides is 2. The van der Waals surface area contributed by atoms with Gasteiger partial charge in [-0.3, -0.25) is 38.7 Å². The summed E-state index contributed by atoms with van der Waals surface area (Å²) in [6, 6.07) is 39.6. The summed E-state index contributed by atoms with van der Waals surface area (Å²) in [6.45, 7) is 9.92. The number of nitrogens with two attached hydrogens (primary N) is 1. The van der Waals surface area contributed by atoms with Crippen molar-refractivity contribution >= 4 is 231 Å². The summed E-state index contributed by atoms with van der Waals surface area (Å²) in [5.74, 6) is 1.96. The molecule has 146 heavy (non-hydrogen) atoms. The van der Waals surface area contributed by atoms with Crippen molar-refractivity contribution in [3.8, 4) is 6.07 Å². The molecular weight excluding hydrogens is 2000 g/mol. The topological polar surface area (TPSA) is 487 Å². The second-order valence-electron chi connectivity index (χ2n) is 36.8. The molecule has 0 saturated heterocycles. The van der Waals surface area contributed by atoms with Crippen LogP contribution in [0.1, 0.15) is 214 Å². The van der Waals surface area contributed by atoms with E-state index in [-0.39, 0.29) is 94.1 Å². The minimum atomic E-state index is -0.568. The molecule has 5 fully saturated rings. The van der Waals surface area contributed by atoms with E-state index in [1.165, 1.54) is 37.8 Å². The third-order valence-electron chi connectivity index (χ3n) is 26.8. The van der Waals surface area contributed by atoms with Gasteiger partial charge in [-0.2, -0.15) is 10.4 Å². The Bertz CT molecular complexity index is 8880. The molecule has 0 bridgehead atoms. The predicted octanol–water partition coefficient (Wildman–Crippen LogP) is 21.2. The van der Waals surface area contributed by atoms with Crippen molar-refractivity contribution in [3.05, 3.63) is 310 Å². The highest BCUT2D eigenvalue weighted by atomic mass is 35.5. The summed E-state index contributed by atoms with van der Waals surface area (Å²) in [5.41, 5.74) is 13.6. The first kappa shape index (κ1) is 96.8. The zero-order chi connectivity index (χ0) is 102. The van der Waals surface area contributed by atoms with Crippen LogP contribution >= 0.6 is 81.2 Å². The fraction of sp³-hybridized carbons (Fsp3) is 0.252. The summed E-state index contributed by atoms with van der Waals surface area (Å²) in [4.78, 5) is 145. The molecule has 13 N–H and O–H groups in total. The summed E-state index contributed by atoms with van der Waals surface area (Å²) in [5, 5.41) is 49.0. The van der Waals surface area contributed by atoms with Crippen LogP contribution in [0.5, 0.6) is 0 Å². The van der Waals surface area contributed by atoms with Crippen molar-refractivity contribution in [2.45, 2.75) is 159 Å². The minimum absolute atomic E-state index is 0.0400. The van der Waals surface area contributed by atoms with Gasteiger partial charge in [-0.25, -0.2) is 49.8 Å². The average Bonchev–Trinajstić information content (AvgIpc) is 1.75. The largest absolute Gasteiger partial charge is 0.366 e. The molecule has 2 amide bonds. The maximum Gasteiger partial charge on any atom is 0.260 e. The fourth-order valence-electron chi connectivity index (χ4n) is 19.2. The van der Waals surface area contributed by atoms with Crippen LogP contribution in [-0.4, -0.2) is 122 Å². The molecule has 5 aliphatic rings. The van der Waals surface area contributed by atoms with Gasteiger partial charge in [0.2, 0.25) is 0 Å². The van der Waals surface area contributed by atoms with Crippen molar-refractivity contribution in [1.82, 2.24) is 108 Å². The van der Waals surface area contributed by atoms with E-state index in [9.17, 15) is 38.8 Å². The molecule has 0 unspecified atom stereocenters. The van der Waals surface area contributed by atoms with Crippen LogP contribution in [0.4, 0.5) is 29.1 Å². The molecule has 20 aromatic rings. The Morgan fingerprint density at radius 3 is 0.945 bits per heavy atom. The molecule has 15 heterocycles. The molecule has 36 nitrogen and oxygen atoms in total. The monoisotopic (exact) mass is 2090 g/mol. The van der Waals surface area contributed by atoms with Gasteiger partial charge in [0, 0.05) is 90.5 Å². The highest BCUT2D eigenvalue weighted by molar-refractivity contribution is 6.38. The Balaban J connectivity index is 0.000000107. The van der Waals surface area contributed by atoms with E-state index in [0.29, 0.717) is 158 Å². The number of aromatic amines is 5. The van der Waals surface area contributed by atoms with E-state index >= 15 is 0 Å². The van der Waals surface area contributed by atoms with Crippen molar-refractivity contribution in [2.75, 3.05) is 33.6 Å². The first-order valence-electron chi connectivity index (χ1n) is 47.3. The lowest BCUT2D eigenvalue weighted by molar-refractivity contribution is 0.0963. The first-order valence-corrected chi connectivity index (χ1v) is 50.0. The van der Waals surface area contributed by atoms with E-state index in [0.717, 1.165) is 125 Å². The zero-order valence-electron chi connectivity index (χ0n) is 78.8. The Morgan fingerprint density at radius 1 is 0.356 bits per heavy atom. The number of carbonyl (C=O) groups is 2. The lowest BCUT2D eigenvalue weighted by Crippen LogP contribution is -2.26. The zero-order valence-corrected chi connectivity index (χ0v) is 84.1. The van der Waals surface area contributed by atoms with E-state index in [1.807, 2.05) is 148 Å². The third-order valence-corrected chi connectivity index (χ3v) is 29.0. The van der Waals surface area contributed by atoms with Gasteiger partial charge in [0.15, 0.2) is 5.65 Å². The van der Waals surface area contributed by atoms with E-state index in [2.05, 4.69) is 118 Å². The number of primary amides is 1. The molecular formula is C103H90Cl7N29O7. The molecule has 5 aromatic carbocycles. The number of hydrogen-bond acceptors (Lipinski definition) is 24. The normalized spacial score (nSPS) is 15.0. The van der Waals surface area contributed by atoms with Crippen molar-refractivity contribution in [1.29, 1.82) is 5.26 Å². The Kier molecular flexibility index (Phi) is 26.3. The molecule has 0 spiro atoms. The molecule has 5 aliphatic carbocycles. The van der Waals surface area contributed by atoms with E-state index in [4.69, 9.17) is 86.9 Å². The highest BCUT2D eigenvalue weighted by Crippen LogP contribution is 2.46. The number of pyridine rings is 5. The van der Waals surface area contributed by atoms with Gasteiger partial charge >= 0.3 is 0 Å². The van der Waals surface area contributed by atoms with Gasteiger partial charge in [-0.1, -0.05) is 142 Å². The Morgan fingerprint density at radius 2 is 0.630 bits per heavy atom. The molecule has 0 radical (unpaired) electrons. The molecule has 43 heteroatoms. The van der Waals surface area contributed by atoms with Crippen LogP contribution in [0.2, 0.25) is 35.3 Å². The number of nitrogens with zero attached hydrogens (tertiary/aromatic N) is 17. The number of nitriles is 1. The van der Waals surface area contributed by atoms with Gasteiger partial charge < -0.3 is 80.4 Å². The molecule has 25 rings (SSSR count). The average molecular weight is 2090 g/mol. The van der Waals surface area contributed by atoms with Crippen molar-refractivity contribution in [2.24, 2.45) is 5.73 Å². The molecule has 5 saturated carbocycles. The summed E-state index contributed by atoms with van der Waals surface area (Å²) < 4.78 is 9.27. The summed E-state index contributed by atoms with van der Waals surface area (Å²) in [6.07, 6.45) is 23.4. The van der Waals surface area contributed by atoms with Crippen molar-refractivity contribution in [3.63, 3.8) is 0 Å². The van der Waals surface area contributed by atoms with Gasteiger partial charge in [-0.15, -0.1) is 0 Å². The maximum atomic E-state index is 13.3. The van der Waals surface area contributed by atoms with Gasteiger partial charge in [0.05, 0.1) is 126 Å². The highest BCUT2D eigenvalue weighted by Gasteiger charge is 2.37. The second kappa shape index (κ2) is 39.6. The number of nitrogens with one attached hydrogen (secondary N) is 11. The number of benzene rings is 5. The molecule has 0 aliphatic heterocycles. The van der Waals surface area contributed by atoms with Gasteiger partial charge in [0.25, 0.3) is 39.6 Å². The smallest absolute Gasteiger partial charge is 0.260 e. The number of hydrogen-bond donors (Lipinski definition) is 12. The van der Waals surface area contributed by atoms with Crippen molar-refractivity contribution < 1.29 is 9.59 Å². The Hall–Kier alpha value is -15.4. The second-order valence-corrected chi connectivity index (χ2v) is 39.6. The lowest BCUT2D eigenvalue weighted by Gasteiger charge is -2.21. The number of rotatable bonds is 22. The summed E-state index contributed by atoms with van der Waals surface area (Å²) >= 11 is 44.2. The van der Waals surface area contributed by atoms with Crippen LogP contribution in [0, 0.1) is 11.3 Å². The molecule has 5 atom stereocenters. The number of aromatic nitrogens is 21. The van der Waals surface area contributed by atoms with Crippen LogP contribution in [0.15, 0.2) is 202 Å². The Labute approximate surface area is 862 Å². The molecule has 738 valence electrons. The quantitative estimate of drug-likeness (QED) is 0.0300. The SMILES string of the molecule is CNC(=O)c1c[nH]c2ncnc(N[C@@H](C)c3cc4cccc(Cl)c4c(=O)n3C3CC3)c12.C[C@H](Nc1ncnc2[nH]cc(C#N)c12)c1cc2cccc(Cl)c2c(=O)n1C1CC1.C[C@H](Nc1ncnc2[nH]cc(C(N)=O)c12)c1cc2cccc(Cl)c2c(=O)n1C1CC1.C[C@H](Nc1ncnc2[nH]cc(Cl)c12)c1cc2cccc(Cl)c2c(=O)n1C1CC1.C[C@H](Nc1ncnc2n[nH]c(Cl)c12)c1cc2cccc(Cl)c2c(=O)n1C1CC1. The first-order chi connectivity index (χ1) is 70.6. The number of H-pyrrole nitrogens is 5. The predicted molar refractivity (Wildman–Crippen MR) is 572 cm³/mol. The van der Waals surface area contributed by atoms with Gasteiger partial charge in [-0.05, 0) is 186 Å². The van der Waals surface area contributed by atoms with E-state index in [1.54, 1.807) is 56.0 Å². The number of fused-ring (bicyclic) bond motifs is 10. The van der Waals surface area contributed by atoms with Crippen LogP contribution in [0.25, 0.3) is 109 Å². The van der Waals surface area contributed by atoms with E-state index < -0.39 is 5.91 Å².